The van der Waals surface area contributed by atoms with Gasteiger partial charge in [-0.15, -0.1) is 0 Å². The molecule has 1 atom stereocenters. The Labute approximate surface area is 89.7 Å². The summed E-state index contributed by atoms with van der Waals surface area (Å²) in [5.41, 5.74) is 0.386. The molecule has 82 valence electrons. The normalized spacial score (nSPS) is 25.7. The molecule has 0 aromatic carbocycles. The largest absolute Gasteiger partial charge is 0.316 e. The monoisotopic (exact) mass is 207 g/mol. The number of nitrogens with one attached hydrogen (secondary N) is 1. The van der Waals surface area contributed by atoms with Gasteiger partial charge in [-0.1, -0.05) is 6.92 Å². The fraction of sp³-hybridized carbons (Fsp3) is 0.636. The van der Waals surface area contributed by atoms with E-state index in [1.165, 1.54) is 0 Å². The number of aromatic nitrogens is 2. The van der Waals surface area contributed by atoms with Gasteiger partial charge in [-0.25, -0.2) is 0 Å². The molecule has 2 heterocycles. The van der Waals surface area contributed by atoms with Crippen LogP contribution in [0.2, 0.25) is 0 Å². The van der Waals surface area contributed by atoms with Crippen LogP contribution in [-0.2, 0) is 7.05 Å². The third kappa shape index (κ3) is 1.69. The Morgan fingerprint density at radius 1 is 1.73 bits per heavy atom. The van der Waals surface area contributed by atoms with Gasteiger partial charge in [-0.2, -0.15) is 5.10 Å². The molecule has 0 aliphatic carbocycles. The molecule has 0 spiro atoms. The number of carbonyl (C=O) groups excluding carboxylic acids is 1. The minimum absolute atomic E-state index is 0.190. The van der Waals surface area contributed by atoms with E-state index in [4.69, 9.17) is 0 Å². The van der Waals surface area contributed by atoms with Crippen molar-refractivity contribution in [2.45, 2.75) is 19.8 Å². The fourth-order valence-electron chi connectivity index (χ4n) is 2.21. The molecule has 1 fully saturated rings. The van der Waals surface area contributed by atoms with Crippen molar-refractivity contribution in [3.8, 4) is 0 Å². The predicted octanol–water partition coefficient (Wildman–Crippen LogP) is 0.992. The molecule has 1 aromatic rings. The zero-order valence-electron chi connectivity index (χ0n) is 9.29. The van der Waals surface area contributed by atoms with Crippen LogP contribution in [0.15, 0.2) is 12.3 Å². The first-order chi connectivity index (χ1) is 7.18. The molecule has 1 N–H and O–H groups in total. The molecule has 1 unspecified atom stereocenters. The highest BCUT2D eigenvalue weighted by molar-refractivity contribution is 5.99. The lowest BCUT2D eigenvalue weighted by molar-refractivity contribution is 0.0804. The van der Waals surface area contributed by atoms with Crippen LogP contribution in [0.25, 0.3) is 0 Å². The summed E-state index contributed by atoms with van der Waals surface area (Å²) < 4.78 is 1.68. The second-order valence-corrected chi connectivity index (χ2v) is 4.26. The molecule has 0 bridgehead atoms. The summed E-state index contributed by atoms with van der Waals surface area (Å²) in [6, 6.07) is 1.80. The highest BCUT2D eigenvalue weighted by atomic mass is 16.1. The van der Waals surface area contributed by atoms with E-state index < -0.39 is 0 Å². The topological polar surface area (TPSA) is 46.9 Å². The van der Waals surface area contributed by atoms with Gasteiger partial charge in [0.2, 0.25) is 0 Å². The first-order valence-electron chi connectivity index (χ1n) is 5.43. The van der Waals surface area contributed by atoms with Crippen LogP contribution in [0, 0.1) is 5.41 Å². The average molecular weight is 207 g/mol. The van der Waals surface area contributed by atoms with Crippen molar-refractivity contribution in [1.29, 1.82) is 0 Å². The minimum atomic E-state index is -0.214. The van der Waals surface area contributed by atoms with Crippen molar-refractivity contribution in [3.05, 3.63) is 18.0 Å². The van der Waals surface area contributed by atoms with Crippen LogP contribution in [0.5, 0.6) is 0 Å². The van der Waals surface area contributed by atoms with E-state index >= 15 is 0 Å². The summed E-state index contributed by atoms with van der Waals surface area (Å²) >= 11 is 0. The van der Waals surface area contributed by atoms with Gasteiger partial charge in [0.05, 0.1) is 0 Å². The minimum Gasteiger partial charge on any atom is -0.316 e. The molecule has 1 aliphatic rings. The maximum absolute atomic E-state index is 12.3. The smallest absolute Gasteiger partial charge is 0.190 e. The Hall–Kier alpha value is -1.16. The van der Waals surface area contributed by atoms with Crippen molar-refractivity contribution in [2.75, 3.05) is 13.1 Å². The summed E-state index contributed by atoms with van der Waals surface area (Å²) in [4.78, 5) is 12.3. The van der Waals surface area contributed by atoms with E-state index in [9.17, 15) is 4.79 Å². The third-order valence-electron chi connectivity index (χ3n) is 3.35. The van der Waals surface area contributed by atoms with Crippen LogP contribution >= 0.6 is 0 Å². The van der Waals surface area contributed by atoms with Gasteiger partial charge in [0.1, 0.15) is 5.69 Å². The van der Waals surface area contributed by atoms with Gasteiger partial charge in [-0.05, 0) is 25.5 Å². The van der Waals surface area contributed by atoms with Crippen molar-refractivity contribution in [1.82, 2.24) is 15.1 Å². The second kappa shape index (κ2) is 3.77. The van der Waals surface area contributed by atoms with Crippen LogP contribution in [0.3, 0.4) is 0 Å². The lowest BCUT2D eigenvalue weighted by Gasteiger charge is -2.23. The first-order valence-corrected chi connectivity index (χ1v) is 5.43. The zero-order valence-corrected chi connectivity index (χ0v) is 9.29. The number of rotatable bonds is 3. The van der Waals surface area contributed by atoms with Crippen LogP contribution in [-0.4, -0.2) is 28.7 Å². The van der Waals surface area contributed by atoms with E-state index in [-0.39, 0.29) is 11.2 Å². The molecule has 1 aliphatic heterocycles. The molecule has 1 saturated heterocycles. The molecule has 2 rings (SSSR count). The van der Waals surface area contributed by atoms with Gasteiger partial charge in [0, 0.05) is 25.2 Å². The highest BCUT2D eigenvalue weighted by Crippen LogP contribution is 2.32. The number of nitrogens with zero attached hydrogens (tertiary/aromatic N) is 2. The molecular formula is C11H17N3O. The quantitative estimate of drug-likeness (QED) is 0.752. The van der Waals surface area contributed by atoms with Gasteiger partial charge >= 0.3 is 0 Å². The standard InChI is InChI=1S/C11H17N3O/c1-3-11(5-6-12-8-11)10(15)9-4-7-14(2)13-9/h4,7,12H,3,5-6,8H2,1-2H3. The molecule has 0 radical (unpaired) electrons. The Kier molecular flexibility index (Phi) is 2.61. The number of ketones is 1. The van der Waals surface area contributed by atoms with Gasteiger partial charge in [0.15, 0.2) is 5.78 Å². The summed E-state index contributed by atoms with van der Waals surface area (Å²) in [5.74, 6) is 0.190. The predicted molar refractivity (Wildman–Crippen MR) is 57.7 cm³/mol. The number of carbonyl (C=O) groups is 1. The molecule has 4 nitrogen and oxygen atoms in total. The SMILES string of the molecule is CCC1(C(=O)c2ccn(C)n2)CCNC1. The number of hydrogen-bond donors (Lipinski definition) is 1. The first kappa shape index (κ1) is 10.4. The van der Waals surface area contributed by atoms with Crippen molar-refractivity contribution in [3.63, 3.8) is 0 Å². The average Bonchev–Trinajstić information content (AvgIpc) is 2.86. The summed E-state index contributed by atoms with van der Waals surface area (Å²) in [6.45, 7) is 3.80. The second-order valence-electron chi connectivity index (χ2n) is 4.26. The molecular weight excluding hydrogens is 190 g/mol. The summed E-state index contributed by atoms with van der Waals surface area (Å²) in [5, 5.41) is 7.45. The van der Waals surface area contributed by atoms with Crippen LogP contribution in [0.4, 0.5) is 0 Å². The van der Waals surface area contributed by atoms with E-state index in [2.05, 4.69) is 17.3 Å². The number of hydrogen-bond acceptors (Lipinski definition) is 3. The Morgan fingerprint density at radius 3 is 3.00 bits per heavy atom. The van der Waals surface area contributed by atoms with Crippen molar-refractivity contribution in [2.24, 2.45) is 12.5 Å². The van der Waals surface area contributed by atoms with Crippen molar-refractivity contribution < 1.29 is 4.79 Å². The fourth-order valence-corrected chi connectivity index (χ4v) is 2.21. The summed E-state index contributed by atoms with van der Waals surface area (Å²) in [6.07, 6.45) is 3.63. The Bertz CT molecular complexity index is 364. The van der Waals surface area contributed by atoms with E-state index in [1.54, 1.807) is 10.7 Å². The lowest BCUT2D eigenvalue weighted by atomic mass is 9.79. The van der Waals surface area contributed by atoms with Gasteiger partial charge in [-0.3, -0.25) is 9.48 Å². The zero-order chi connectivity index (χ0) is 10.9. The molecule has 4 heteroatoms. The van der Waals surface area contributed by atoms with Gasteiger partial charge in [0.25, 0.3) is 0 Å². The van der Waals surface area contributed by atoms with E-state index in [0.29, 0.717) is 5.69 Å². The maximum Gasteiger partial charge on any atom is 0.190 e. The maximum atomic E-state index is 12.3. The number of aryl methyl sites for hydroxylation is 1. The van der Waals surface area contributed by atoms with Crippen LogP contribution < -0.4 is 5.32 Å². The van der Waals surface area contributed by atoms with Gasteiger partial charge < -0.3 is 5.32 Å². The van der Waals surface area contributed by atoms with E-state index in [1.807, 2.05) is 13.2 Å². The van der Waals surface area contributed by atoms with Crippen molar-refractivity contribution >= 4 is 5.78 Å². The highest BCUT2D eigenvalue weighted by Gasteiger charge is 2.40. The molecule has 15 heavy (non-hydrogen) atoms. The van der Waals surface area contributed by atoms with E-state index in [0.717, 1.165) is 25.9 Å². The number of Topliss-reactive ketones (excluding diaryl/α,β-unsaturated/α-hetero) is 1. The van der Waals surface area contributed by atoms with Crippen LogP contribution in [0.1, 0.15) is 30.3 Å². The lowest BCUT2D eigenvalue weighted by Crippen LogP contribution is -2.33. The molecule has 0 saturated carbocycles. The summed E-state index contributed by atoms with van der Waals surface area (Å²) in [7, 11) is 1.84. The molecule has 1 aromatic heterocycles. The Balaban J connectivity index is 2.26. The molecule has 0 amide bonds. The Morgan fingerprint density at radius 2 is 2.53 bits per heavy atom. The third-order valence-corrected chi connectivity index (χ3v) is 3.35.